The Bertz CT molecular complexity index is 704. The third kappa shape index (κ3) is 2.96. The van der Waals surface area contributed by atoms with Gasteiger partial charge in [-0.05, 0) is 18.9 Å². The second kappa shape index (κ2) is 6.14. The van der Waals surface area contributed by atoms with Crippen LogP contribution in [0.5, 0.6) is 0 Å². The molecule has 3 N–H and O–H groups in total. The molecule has 3 atom stereocenters. The van der Waals surface area contributed by atoms with Crippen molar-refractivity contribution in [3.05, 3.63) is 23.2 Å². The highest BCUT2D eigenvalue weighted by molar-refractivity contribution is 7.83. The van der Waals surface area contributed by atoms with Crippen LogP contribution in [0.1, 0.15) is 19.3 Å². The molecule has 0 bridgehead atoms. The molecule has 1 saturated heterocycles. The molecule has 3 amide bonds. The zero-order valence-electron chi connectivity index (χ0n) is 11.9. The molecule has 2 heterocycles. The second-order valence-electron chi connectivity index (χ2n) is 5.53. The molecule has 0 radical (unpaired) electrons. The van der Waals surface area contributed by atoms with Crippen molar-refractivity contribution in [2.45, 2.75) is 29.7 Å². The Morgan fingerprint density at radius 3 is 2.96 bits per heavy atom. The van der Waals surface area contributed by atoms with Crippen LogP contribution in [0.4, 0.5) is 9.18 Å². The van der Waals surface area contributed by atoms with Gasteiger partial charge in [-0.15, -0.1) is 0 Å². The number of hydrogen-bond acceptors (Lipinski definition) is 4. The number of nitrogens with zero attached hydrogens (tertiary/aromatic N) is 1. The maximum Gasteiger partial charge on any atom is 0.322 e. The Kier molecular flexibility index (Phi) is 4.35. The standard InChI is InChI=1S/C13H14ClFN4O3S/c14-10-9(15)4-8(6-16-10)23(22)17-5-7-2-1-3-13(7)11(20)18-12(21)19-13/h4,6-7,17H,1-3,5H2,(H2,18,19,20,21). The van der Waals surface area contributed by atoms with Gasteiger partial charge >= 0.3 is 6.03 Å². The molecule has 1 aliphatic carbocycles. The van der Waals surface area contributed by atoms with E-state index in [9.17, 15) is 18.2 Å². The third-order valence-electron chi connectivity index (χ3n) is 4.24. The number of nitrogens with one attached hydrogen (secondary N) is 3. The highest BCUT2D eigenvalue weighted by atomic mass is 35.5. The molecule has 1 saturated carbocycles. The summed E-state index contributed by atoms with van der Waals surface area (Å²) >= 11 is 5.49. The summed E-state index contributed by atoms with van der Waals surface area (Å²) in [5.41, 5.74) is -0.947. The monoisotopic (exact) mass is 360 g/mol. The maximum atomic E-state index is 13.4. The zero-order chi connectivity index (χ0) is 16.6. The Morgan fingerprint density at radius 1 is 1.52 bits per heavy atom. The predicted octanol–water partition coefficient (Wildman–Crippen LogP) is 0.865. The number of amides is 3. The molecule has 1 aromatic heterocycles. The minimum atomic E-state index is -1.69. The normalized spacial score (nSPS) is 28.0. The lowest BCUT2D eigenvalue weighted by molar-refractivity contribution is -0.125. The third-order valence-corrected chi connectivity index (χ3v) is 5.59. The summed E-state index contributed by atoms with van der Waals surface area (Å²) in [6.45, 7) is 0.241. The van der Waals surface area contributed by atoms with Gasteiger partial charge in [-0.3, -0.25) is 10.1 Å². The molecule has 10 heteroatoms. The molecule has 23 heavy (non-hydrogen) atoms. The van der Waals surface area contributed by atoms with Crippen LogP contribution >= 0.6 is 11.6 Å². The number of halogens is 2. The fraction of sp³-hybridized carbons (Fsp3) is 0.462. The minimum Gasteiger partial charge on any atom is -0.323 e. The highest BCUT2D eigenvalue weighted by Crippen LogP contribution is 2.37. The summed E-state index contributed by atoms with van der Waals surface area (Å²) in [6, 6.07) is 0.541. The van der Waals surface area contributed by atoms with Crippen LogP contribution in [-0.4, -0.2) is 33.2 Å². The average Bonchev–Trinajstić information content (AvgIpc) is 3.03. The van der Waals surface area contributed by atoms with Crippen LogP contribution in [0, 0.1) is 11.7 Å². The van der Waals surface area contributed by atoms with E-state index < -0.39 is 28.4 Å². The summed E-state index contributed by atoms with van der Waals surface area (Å²) in [4.78, 5) is 27.2. The van der Waals surface area contributed by atoms with Gasteiger partial charge in [0.2, 0.25) is 0 Å². The lowest BCUT2D eigenvalue weighted by Crippen LogP contribution is -2.52. The largest absolute Gasteiger partial charge is 0.323 e. The van der Waals surface area contributed by atoms with Gasteiger partial charge in [0.05, 0.1) is 4.90 Å². The van der Waals surface area contributed by atoms with Gasteiger partial charge in [0.1, 0.15) is 16.5 Å². The van der Waals surface area contributed by atoms with E-state index in [2.05, 4.69) is 20.3 Å². The van der Waals surface area contributed by atoms with Crippen LogP contribution in [0.2, 0.25) is 5.15 Å². The number of carbonyl (C=O) groups excluding carboxylic acids is 2. The van der Waals surface area contributed by atoms with Gasteiger partial charge in [-0.25, -0.2) is 23.1 Å². The molecule has 1 aromatic rings. The minimum absolute atomic E-state index is 0.152. The molecule has 124 valence electrons. The van der Waals surface area contributed by atoms with Crippen molar-refractivity contribution in [3.63, 3.8) is 0 Å². The fourth-order valence-electron chi connectivity index (χ4n) is 3.09. The predicted molar refractivity (Wildman–Crippen MR) is 80.4 cm³/mol. The first kappa shape index (κ1) is 16.3. The van der Waals surface area contributed by atoms with Crippen LogP contribution in [0.3, 0.4) is 0 Å². The number of aromatic nitrogens is 1. The molecular formula is C13H14ClFN4O3S. The summed E-state index contributed by atoms with van der Waals surface area (Å²) in [7, 11) is -1.69. The summed E-state index contributed by atoms with van der Waals surface area (Å²) in [5, 5.41) is 4.64. The van der Waals surface area contributed by atoms with E-state index in [0.717, 1.165) is 12.5 Å². The quantitative estimate of drug-likeness (QED) is 0.547. The van der Waals surface area contributed by atoms with Gasteiger partial charge < -0.3 is 5.32 Å². The Morgan fingerprint density at radius 2 is 2.30 bits per heavy atom. The van der Waals surface area contributed by atoms with E-state index in [1.165, 1.54) is 6.20 Å². The number of imide groups is 1. The number of hydrogen-bond donors (Lipinski definition) is 3. The lowest BCUT2D eigenvalue weighted by Gasteiger charge is -2.28. The fourth-order valence-corrected chi connectivity index (χ4v) is 4.07. The van der Waals surface area contributed by atoms with E-state index in [0.29, 0.717) is 12.8 Å². The SMILES string of the molecule is O=C1NC(=O)C2(CCCC2CNS(=O)c2cnc(Cl)c(F)c2)N1. The average molecular weight is 361 g/mol. The van der Waals surface area contributed by atoms with Crippen molar-refractivity contribution in [2.24, 2.45) is 5.92 Å². The molecule has 3 unspecified atom stereocenters. The van der Waals surface area contributed by atoms with E-state index in [-0.39, 0.29) is 28.4 Å². The van der Waals surface area contributed by atoms with E-state index >= 15 is 0 Å². The Labute approximate surface area is 139 Å². The van der Waals surface area contributed by atoms with Crippen LogP contribution in [0.25, 0.3) is 0 Å². The summed E-state index contributed by atoms with van der Waals surface area (Å²) in [6.07, 6.45) is 3.26. The van der Waals surface area contributed by atoms with Crippen molar-refractivity contribution < 1.29 is 18.2 Å². The highest BCUT2D eigenvalue weighted by Gasteiger charge is 2.54. The van der Waals surface area contributed by atoms with Crippen LogP contribution in [0.15, 0.2) is 17.2 Å². The topological polar surface area (TPSA) is 100 Å². The maximum absolute atomic E-state index is 13.4. The molecule has 2 aliphatic rings. The van der Waals surface area contributed by atoms with Gasteiger partial charge in [-0.2, -0.15) is 0 Å². The zero-order valence-corrected chi connectivity index (χ0v) is 13.5. The molecular weight excluding hydrogens is 347 g/mol. The lowest BCUT2D eigenvalue weighted by atomic mass is 9.87. The van der Waals surface area contributed by atoms with Crippen LogP contribution < -0.4 is 15.4 Å². The van der Waals surface area contributed by atoms with Crippen LogP contribution in [-0.2, 0) is 15.8 Å². The first-order chi connectivity index (χ1) is 10.9. The smallest absolute Gasteiger partial charge is 0.322 e. The summed E-state index contributed by atoms with van der Waals surface area (Å²) in [5.74, 6) is -1.29. The molecule has 2 fully saturated rings. The van der Waals surface area contributed by atoms with E-state index in [4.69, 9.17) is 11.6 Å². The number of carbonyl (C=O) groups is 2. The molecule has 1 aliphatic heterocycles. The van der Waals surface area contributed by atoms with Gasteiger partial charge in [0.15, 0.2) is 11.0 Å². The molecule has 7 nitrogen and oxygen atoms in total. The molecule has 0 aromatic carbocycles. The number of urea groups is 1. The van der Waals surface area contributed by atoms with E-state index in [1.807, 2.05) is 0 Å². The first-order valence-electron chi connectivity index (χ1n) is 7.02. The summed E-state index contributed by atoms with van der Waals surface area (Å²) < 4.78 is 28.3. The van der Waals surface area contributed by atoms with Crippen molar-refractivity contribution in [1.29, 1.82) is 0 Å². The number of pyridine rings is 1. The van der Waals surface area contributed by atoms with Gasteiger partial charge in [0.25, 0.3) is 5.91 Å². The van der Waals surface area contributed by atoms with Crippen molar-refractivity contribution in [2.75, 3.05) is 6.54 Å². The molecule has 1 spiro atoms. The second-order valence-corrected chi connectivity index (χ2v) is 7.19. The van der Waals surface area contributed by atoms with E-state index in [1.54, 1.807) is 0 Å². The van der Waals surface area contributed by atoms with Crippen molar-refractivity contribution >= 4 is 34.5 Å². The van der Waals surface area contributed by atoms with Gasteiger partial charge in [-0.1, -0.05) is 18.0 Å². The van der Waals surface area contributed by atoms with Crippen molar-refractivity contribution in [3.8, 4) is 0 Å². The first-order valence-corrected chi connectivity index (χ1v) is 8.55. The van der Waals surface area contributed by atoms with Gasteiger partial charge in [0, 0.05) is 18.7 Å². The van der Waals surface area contributed by atoms with Crippen molar-refractivity contribution in [1.82, 2.24) is 20.3 Å². The molecule has 3 rings (SSSR count). The number of rotatable bonds is 4. The Hall–Kier alpha value is -1.58. The Balaban J connectivity index is 1.68.